The number of amides is 1. The lowest BCUT2D eigenvalue weighted by Crippen LogP contribution is -2.17. The first-order valence-corrected chi connectivity index (χ1v) is 11.6. The minimum absolute atomic E-state index is 0.139. The summed E-state index contributed by atoms with van der Waals surface area (Å²) in [7, 11) is -2.08. The highest BCUT2D eigenvalue weighted by molar-refractivity contribution is 7.91. The van der Waals surface area contributed by atoms with Crippen LogP contribution in [0.3, 0.4) is 0 Å². The van der Waals surface area contributed by atoms with Crippen LogP contribution in [0.5, 0.6) is 5.75 Å². The van der Waals surface area contributed by atoms with Gasteiger partial charge in [0.2, 0.25) is 5.91 Å². The largest absolute Gasteiger partial charge is 0.497 e. The molecule has 0 aliphatic heterocycles. The summed E-state index contributed by atoms with van der Waals surface area (Å²) < 4.78 is 29.8. The number of anilines is 1. The zero-order chi connectivity index (χ0) is 21.0. The smallest absolute Gasteiger partial charge is 0.227 e. The number of nitrogens with zero attached hydrogens (tertiary/aromatic N) is 1. The second kappa shape index (κ2) is 9.13. The van der Waals surface area contributed by atoms with Crippen LogP contribution in [0, 0.1) is 0 Å². The molecule has 3 aromatic rings. The molecule has 1 N–H and O–H groups in total. The van der Waals surface area contributed by atoms with Gasteiger partial charge in [-0.05, 0) is 42.5 Å². The average molecular weight is 471 g/mol. The van der Waals surface area contributed by atoms with E-state index >= 15 is 0 Å². The molecule has 0 bridgehead atoms. The summed E-state index contributed by atoms with van der Waals surface area (Å²) in [4.78, 5) is 16.6. The van der Waals surface area contributed by atoms with Gasteiger partial charge >= 0.3 is 0 Å². The molecule has 2 aromatic carbocycles. The van der Waals surface area contributed by atoms with Crippen LogP contribution in [0.2, 0.25) is 10.0 Å². The number of halogens is 2. The van der Waals surface area contributed by atoms with Gasteiger partial charge in [-0.3, -0.25) is 4.79 Å². The van der Waals surface area contributed by atoms with Crippen molar-refractivity contribution in [1.29, 1.82) is 0 Å². The third-order valence-corrected chi connectivity index (χ3v) is 7.01. The van der Waals surface area contributed by atoms with Crippen LogP contribution in [0.1, 0.15) is 6.42 Å². The summed E-state index contributed by atoms with van der Waals surface area (Å²) in [5.74, 6) is -0.195. The van der Waals surface area contributed by atoms with Gasteiger partial charge in [0, 0.05) is 22.4 Å². The van der Waals surface area contributed by atoms with Gasteiger partial charge in [0.05, 0.1) is 28.5 Å². The van der Waals surface area contributed by atoms with E-state index in [4.69, 9.17) is 27.9 Å². The Morgan fingerprint density at radius 2 is 1.90 bits per heavy atom. The Morgan fingerprint density at radius 1 is 1.17 bits per heavy atom. The highest BCUT2D eigenvalue weighted by Crippen LogP contribution is 2.32. The van der Waals surface area contributed by atoms with Crippen LogP contribution in [0.25, 0.3) is 11.3 Å². The molecule has 152 valence electrons. The van der Waals surface area contributed by atoms with Crippen LogP contribution in [0.15, 0.2) is 52.7 Å². The lowest BCUT2D eigenvalue weighted by molar-refractivity contribution is -0.115. The zero-order valence-electron chi connectivity index (χ0n) is 15.2. The van der Waals surface area contributed by atoms with Crippen molar-refractivity contribution in [3.05, 3.63) is 57.9 Å². The number of carbonyl (C=O) groups excluding carboxylic acids is 1. The maximum Gasteiger partial charge on any atom is 0.227 e. The van der Waals surface area contributed by atoms with Crippen molar-refractivity contribution in [2.24, 2.45) is 0 Å². The third-order valence-electron chi connectivity index (χ3n) is 3.97. The fraction of sp³-hybridized carbons (Fsp3) is 0.158. The molecule has 0 fully saturated rings. The first kappa shape index (κ1) is 21.6. The third kappa shape index (κ3) is 5.48. The van der Waals surface area contributed by atoms with Crippen LogP contribution >= 0.6 is 34.5 Å². The average Bonchev–Trinajstić information content (AvgIpc) is 3.14. The second-order valence-electron chi connectivity index (χ2n) is 5.95. The number of benzene rings is 2. The summed E-state index contributed by atoms with van der Waals surface area (Å²) in [6.45, 7) is 0. The molecular formula is C19H16Cl2N2O4S2. The van der Waals surface area contributed by atoms with E-state index < -0.39 is 15.7 Å². The van der Waals surface area contributed by atoms with Gasteiger partial charge in [0.1, 0.15) is 5.75 Å². The summed E-state index contributed by atoms with van der Waals surface area (Å²) in [5, 5.41) is 5.69. The Morgan fingerprint density at radius 3 is 2.55 bits per heavy atom. The monoisotopic (exact) mass is 470 g/mol. The van der Waals surface area contributed by atoms with E-state index in [0.717, 1.165) is 0 Å². The van der Waals surface area contributed by atoms with E-state index in [0.29, 0.717) is 32.2 Å². The first-order valence-electron chi connectivity index (χ1n) is 8.36. The zero-order valence-corrected chi connectivity index (χ0v) is 18.3. The van der Waals surface area contributed by atoms with Crippen molar-refractivity contribution >= 4 is 55.4 Å². The van der Waals surface area contributed by atoms with Crippen LogP contribution < -0.4 is 10.1 Å². The van der Waals surface area contributed by atoms with Crippen LogP contribution in [-0.4, -0.2) is 32.2 Å². The number of hydrogen-bond donors (Lipinski definition) is 1. The number of ether oxygens (including phenoxy) is 1. The van der Waals surface area contributed by atoms with Crippen molar-refractivity contribution in [3.63, 3.8) is 0 Å². The molecule has 1 heterocycles. The standard InChI is InChI=1S/C19H16Cl2N2O4S2/c1-27-13-3-5-14(6-4-13)29(25,26)9-8-18(24)23-19-22-17(11-28-19)15-7-2-12(20)10-16(15)21/h2-7,10-11H,8-9H2,1H3,(H,22,23,24). The molecule has 1 amide bonds. The van der Waals surface area contributed by atoms with Gasteiger partial charge in [-0.25, -0.2) is 13.4 Å². The van der Waals surface area contributed by atoms with Crippen molar-refractivity contribution in [3.8, 4) is 17.0 Å². The molecule has 1 aromatic heterocycles. The number of nitrogens with one attached hydrogen (secondary N) is 1. The minimum Gasteiger partial charge on any atom is -0.497 e. The number of sulfone groups is 1. The maximum atomic E-state index is 12.4. The SMILES string of the molecule is COc1ccc(S(=O)(=O)CCC(=O)Nc2nc(-c3ccc(Cl)cc3Cl)cs2)cc1. The van der Waals surface area contributed by atoms with Gasteiger partial charge in [0.15, 0.2) is 15.0 Å². The molecule has 0 saturated heterocycles. The number of carbonyl (C=O) groups is 1. The number of methoxy groups -OCH3 is 1. The Bertz CT molecular complexity index is 1130. The van der Waals surface area contributed by atoms with E-state index in [9.17, 15) is 13.2 Å². The Kier molecular flexibility index (Phi) is 6.79. The van der Waals surface area contributed by atoms with E-state index in [1.165, 1.54) is 30.6 Å². The number of aromatic nitrogens is 1. The molecule has 0 spiro atoms. The quantitative estimate of drug-likeness (QED) is 0.528. The molecule has 0 radical (unpaired) electrons. The van der Waals surface area contributed by atoms with Crippen molar-refractivity contribution < 1.29 is 17.9 Å². The fourth-order valence-corrected chi connectivity index (χ4v) is 4.93. The number of thiazole rings is 1. The van der Waals surface area contributed by atoms with Crippen molar-refractivity contribution in [1.82, 2.24) is 4.98 Å². The van der Waals surface area contributed by atoms with Gasteiger partial charge in [-0.2, -0.15) is 0 Å². The number of hydrogen-bond acceptors (Lipinski definition) is 6. The van der Waals surface area contributed by atoms with Gasteiger partial charge in [-0.1, -0.05) is 23.2 Å². The molecule has 3 rings (SSSR count). The maximum absolute atomic E-state index is 12.4. The molecular weight excluding hydrogens is 455 g/mol. The summed E-state index contributed by atoms with van der Waals surface area (Å²) in [6, 6.07) is 11.1. The Hall–Kier alpha value is -2.13. The normalized spacial score (nSPS) is 11.3. The minimum atomic E-state index is -3.58. The molecule has 10 heteroatoms. The topological polar surface area (TPSA) is 85.4 Å². The van der Waals surface area contributed by atoms with Crippen molar-refractivity contribution in [2.75, 3.05) is 18.2 Å². The van der Waals surface area contributed by atoms with E-state index in [-0.39, 0.29) is 17.1 Å². The predicted molar refractivity (Wildman–Crippen MR) is 116 cm³/mol. The van der Waals surface area contributed by atoms with Gasteiger partial charge < -0.3 is 10.1 Å². The molecule has 29 heavy (non-hydrogen) atoms. The number of rotatable bonds is 7. The first-order chi connectivity index (χ1) is 13.8. The predicted octanol–water partition coefficient (Wildman–Crippen LogP) is 4.93. The Balaban J connectivity index is 1.61. The summed E-state index contributed by atoms with van der Waals surface area (Å²) >= 11 is 13.3. The van der Waals surface area contributed by atoms with E-state index in [1.807, 2.05) is 0 Å². The molecule has 6 nitrogen and oxygen atoms in total. The molecule has 0 saturated carbocycles. The summed E-state index contributed by atoms with van der Waals surface area (Å²) in [5.41, 5.74) is 1.28. The molecule has 0 aliphatic carbocycles. The van der Waals surface area contributed by atoms with E-state index in [1.54, 1.807) is 35.7 Å². The summed E-state index contributed by atoms with van der Waals surface area (Å²) in [6.07, 6.45) is -0.190. The lowest BCUT2D eigenvalue weighted by atomic mass is 10.2. The molecule has 0 aliphatic rings. The molecule has 0 unspecified atom stereocenters. The van der Waals surface area contributed by atoms with Crippen molar-refractivity contribution in [2.45, 2.75) is 11.3 Å². The fourth-order valence-electron chi connectivity index (χ4n) is 2.46. The van der Waals surface area contributed by atoms with Crippen LogP contribution in [-0.2, 0) is 14.6 Å². The highest BCUT2D eigenvalue weighted by Gasteiger charge is 2.17. The van der Waals surface area contributed by atoms with Crippen LogP contribution in [0.4, 0.5) is 5.13 Å². The Labute approximate surface area is 182 Å². The van der Waals surface area contributed by atoms with E-state index in [2.05, 4.69) is 10.3 Å². The van der Waals surface area contributed by atoms with Gasteiger partial charge in [0.25, 0.3) is 0 Å². The molecule has 0 atom stereocenters. The highest BCUT2D eigenvalue weighted by atomic mass is 35.5. The lowest BCUT2D eigenvalue weighted by Gasteiger charge is -2.06. The second-order valence-corrected chi connectivity index (χ2v) is 9.77. The van der Waals surface area contributed by atoms with Gasteiger partial charge in [-0.15, -0.1) is 11.3 Å².